The molecule has 3 rings (SSSR count). The molecule has 2 nitrogen and oxygen atoms in total. The van der Waals surface area contributed by atoms with E-state index in [1.807, 2.05) is 48.6 Å². The number of carbonyl (C=O) groups is 1. The minimum absolute atomic E-state index is 0.00477. The highest BCUT2D eigenvalue weighted by atomic mass is 35.5. The lowest BCUT2D eigenvalue weighted by molar-refractivity contribution is -0.135. The summed E-state index contributed by atoms with van der Waals surface area (Å²) in [6.07, 6.45) is 4.40. The van der Waals surface area contributed by atoms with E-state index in [9.17, 15) is 4.79 Å². The van der Waals surface area contributed by atoms with Crippen molar-refractivity contribution in [2.45, 2.75) is 12.3 Å². The van der Waals surface area contributed by atoms with Gasteiger partial charge in [0.2, 0.25) is 0 Å². The maximum absolute atomic E-state index is 11.6. The van der Waals surface area contributed by atoms with Crippen molar-refractivity contribution in [2.24, 2.45) is 0 Å². The van der Waals surface area contributed by atoms with E-state index >= 15 is 0 Å². The minimum Gasteiger partial charge on any atom is -0.426 e. The maximum atomic E-state index is 11.6. The Bertz CT molecular complexity index is 662. The lowest BCUT2D eigenvalue weighted by Gasteiger charge is -2.22. The topological polar surface area (TPSA) is 26.3 Å². The van der Waals surface area contributed by atoms with Crippen molar-refractivity contribution in [1.82, 2.24) is 0 Å². The molecule has 1 heterocycles. The van der Waals surface area contributed by atoms with Crippen LogP contribution in [0.5, 0.6) is 5.75 Å². The van der Waals surface area contributed by atoms with E-state index in [1.165, 1.54) is 0 Å². The zero-order chi connectivity index (χ0) is 13.9. The van der Waals surface area contributed by atoms with E-state index in [2.05, 4.69) is 0 Å². The molecule has 1 aliphatic rings. The number of hydrogen-bond donors (Lipinski definition) is 0. The quantitative estimate of drug-likeness (QED) is 0.602. The minimum atomic E-state index is -0.206. The van der Waals surface area contributed by atoms with E-state index in [0.29, 0.717) is 17.2 Å². The van der Waals surface area contributed by atoms with Gasteiger partial charge in [-0.05, 0) is 23.8 Å². The normalized spacial score (nSPS) is 17.9. The van der Waals surface area contributed by atoms with E-state index in [4.69, 9.17) is 16.3 Å². The molecule has 2 aromatic carbocycles. The van der Waals surface area contributed by atoms with Gasteiger partial charge in [0, 0.05) is 16.5 Å². The van der Waals surface area contributed by atoms with Crippen LogP contribution in [0.4, 0.5) is 0 Å². The van der Waals surface area contributed by atoms with Crippen molar-refractivity contribution in [3.63, 3.8) is 0 Å². The molecule has 0 N–H and O–H groups in total. The van der Waals surface area contributed by atoms with Crippen LogP contribution in [0.3, 0.4) is 0 Å². The van der Waals surface area contributed by atoms with Crippen molar-refractivity contribution < 1.29 is 9.53 Å². The number of halogens is 1. The molecule has 1 atom stereocenters. The van der Waals surface area contributed by atoms with Gasteiger partial charge in [0.25, 0.3) is 0 Å². The lowest BCUT2D eigenvalue weighted by Crippen LogP contribution is -2.19. The Labute approximate surface area is 122 Å². The molecule has 1 unspecified atom stereocenters. The molecular formula is C17H13ClO2. The first kappa shape index (κ1) is 12.9. The van der Waals surface area contributed by atoms with Gasteiger partial charge in [0.05, 0.1) is 6.42 Å². The van der Waals surface area contributed by atoms with E-state index in [1.54, 1.807) is 12.1 Å². The van der Waals surface area contributed by atoms with Crippen LogP contribution in [-0.2, 0) is 4.79 Å². The van der Waals surface area contributed by atoms with Crippen molar-refractivity contribution >= 4 is 23.6 Å². The Morgan fingerprint density at radius 2 is 1.95 bits per heavy atom. The van der Waals surface area contributed by atoms with Gasteiger partial charge in [-0.2, -0.15) is 0 Å². The zero-order valence-electron chi connectivity index (χ0n) is 10.8. The Morgan fingerprint density at radius 3 is 2.75 bits per heavy atom. The third-order valence-electron chi connectivity index (χ3n) is 3.30. The van der Waals surface area contributed by atoms with Gasteiger partial charge in [-0.25, -0.2) is 0 Å². The molecule has 2 aromatic rings. The van der Waals surface area contributed by atoms with Crippen LogP contribution in [0.25, 0.3) is 6.08 Å². The molecule has 100 valence electrons. The van der Waals surface area contributed by atoms with Crippen LogP contribution in [-0.4, -0.2) is 5.97 Å². The van der Waals surface area contributed by atoms with E-state index in [0.717, 1.165) is 11.1 Å². The molecule has 1 aliphatic heterocycles. The predicted molar refractivity (Wildman–Crippen MR) is 79.9 cm³/mol. The summed E-state index contributed by atoms with van der Waals surface area (Å²) in [6.45, 7) is 0. The summed E-state index contributed by atoms with van der Waals surface area (Å²) < 4.78 is 5.24. The third kappa shape index (κ3) is 2.75. The molecule has 0 fully saturated rings. The Hall–Kier alpha value is -2.06. The summed E-state index contributed by atoms with van der Waals surface area (Å²) in [5.41, 5.74) is 2.07. The van der Waals surface area contributed by atoms with Gasteiger partial charge < -0.3 is 4.74 Å². The fourth-order valence-electron chi connectivity index (χ4n) is 2.32. The van der Waals surface area contributed by atoms with Crippen molar-refractivity contribution in [1.29, 1.82) is 0 Å². The second-order valence-electron chi connectivity index (χ2n) is 4.74. The van der Waals surface area contributed by atoms with Crippen LogP contribution < -0.4 is 4.74 Å². The number of esters is 1. The Balaban J connectivity index is 1.93. The van der Waals surface area contributed by atoms with Crippen LogP contribution >= 0.6 is 11.6 Å². The smallest absolute Gasteiger partial charge is 0.312 e. The fraction of sp³-hybridized carbons (Fsp3) is 0.118. The molecule has 3 heteroatoms. The van der Waals surface area contributed by atoms with E-state index < -0.39 is 0 Å². The van der Waals surface area contributed by atoms with Crippen molar-refractivity contribution in [2.75, 3.05) is 0 Å². The molecule has 0 aliphatic carbocycles. The average molecular weight is 285 g/mol. The highest BCUT2D eigenvalue weighted by molar-refractivity contribution is 6.30. The first-order chi connectivity index (χ1) is 9.72. The van der Waals surface area contributed by atoms with Crippen LogP contribution in [0.2, 0.25) is 5.02 Å². The fourth-order valence-corrected chi connectivity index (χ4v) is 2.50. The highest BCUT2D eigenvalue weighted by Gasteiger charge is 2.25. The van der Waals surface area contributed by atoms with E-state index in [-0.39, 0.29) is 11.9 Å². The molecule has 0 saturated heterocycles. The first-order valence-corrected chi connectivity index (χ1v) is 6.83. The van der Waals surface area contributed by atoms with Gasteiger partial charge in [-0.15, -0.1) is 0 Å². The SMILES string of the molecule is O=C1CC(C=Cc2ccccc2)c2cc(Cl)ccc2O1. The van der Waals surface area contributed by atoms with Crippen LogP contribution in [0.1, 0.15) is 23.5 Å². The van der Waals surface area contributed by atoms with Gasteiger partial charge in [-0.1, -0.05) is 54.1 Å². The summed E-state index contributed by atoms with van der Waals surface area (Å²) >= 11 is 6.03. The maximum Gasteiger partial charge on any atom is 0.312 e. The van der Waals surface area contributed by atoms with Gasteiger partial charge in [-0.3, -0.25) is 4.79 Å². The number of ether oxygens (including phenoxy) is 1. The summed E-state index contributed by atoms with van der Waals surface area (Å²) in [4.78, 5) is 11.6. The van der Waals surface area contributed by atoms with Crippen LogP contribution in [0.15, 0.2) is 54.6 Å². The summed E-state index contributed by atoms with van der Waals surface area (Å²) in [5.74, 6) is 0.404. The van der Waals surface area contributed by atoms with Gasteiger partial charge in [0.15, 0.2) is 0 Å². The zero-order valence-corrected chi connectivity index (χ0v) is 11.5. The van der Waals surface area contributed by atoms with Crippen molar-refractivity contribution in [3.05, 3.63) is 70.8 Å². The number of fused-ring (bicyclic) bond motifs is 1. The molecule has 0 spiro atoms. The average Bonchev–Trinajstić information content (AvgIpc) is 2.46. The Kier molecular flexibility index (Phi) is 3.57. The number of hydrogen-bond acceptors (Lipinski definition) is 2. The molecule has 0 saturated carbocycles. The molecule has 0 radical (unpaired) electrons. The molecule has 20 heavy (non-hydrogen) atoms. The largest absolute Gasteiger partial charge is 0.426 e. The molecular weight excluding hydrogens is 272 g/mol. The monoisotopic (exact) mass is 284 g/mol. The first-order valence-electron chi connectivity index (χ1n) is 6.46. The van der Waals surface area contributed by atoms with Crippen molar-refractivity contribution in [3.8, 4) is 5.75 Å². The number of benzene rings is 2. The van der Waals surface area contributed by atoms with Gasteiger partial charge in [0.1, 0.15) is 5.75 Å². The van der Waals surface area contributed by atoms with Gasteiger partial charge >= 0.3 is 5.97 Å². The lowest BCUT2D eigenvalue weighted by atomic mass is 9.92. The number of allylic oxidation sites excluding steroid dienone is 1. The third-order valence-corrected chi connectivity index (χ3v) is 3.54. The molecule has 0 bridgehead atoms. The number of carbonyl (C=O) groups excluding carboxylic acids is 1. The predicted octanol–water partition coefficient (Wildman–Crippen LogP) is 4.45. The van der Waals surface area contributed by atoms with Crippen LogP contribution in [0, 0.1) is 0 Å². The summed E-state index contributed by atoms with van der Waals surface area (Å²) in [7, 11) is 0. The summed E-state index contributed by atoms with van der Waals surface area (Å²) in [6, 6.07) is 15.3. The second kappa shape index (κ2) is 5.51. The summed E-state index contributed by atoms with van der Waals surface area (Å²) in [5, 5.41) is 0.653. The standard InChI is InChI=1S/C17H13ClO2/c18-14-8-9-16-15(11-14)13(10-17(19)20-16)7-6-12-4-2-1-3-5-12/h1-9,11,13H,10H2. The molecule has 0 aromatic heterocycles. The highest BCUT2D eigenvalue weighted by Crippen LogP contribution is 2.37. The Morgan fingerprint density at radius 1 is 1.15 bits per heavy atom. The second-order valence-corrected chi connectivity index (χ2v) is 5.17. The molecule has 0 amide bonds. The number of rotatable bonds is 2.